The first-order valence-electron chi connectivity index (χ1n) is 10.1. The SMILES string of the molecule is CCCCCCCC(CCCCCC)OC(=O)CCCCCN. The summed E-state index contributed by atoms with van der Waals surface area (Å²) in [5.74, 6) is -0.00364. The third-order valence-corrected chi connectivity index (χ3v) is 4.39. The van der Waals surface area contributed by atoms with Crippen LogP contribution in [0.3, 0.4) is 0 Å². The van der Waals surface area contributed by atoms with Crippen LogP contribution in [0.4, 0.5) is 0 Å². The van der Waals surface area contributed by atoms with E-state index in [9.17, 15) is 4.79 Å². The highest BCUT2D eigenvalue weighted by molar-refractivity contribution is 5.69. The van der Waals surface area contributed by atoms with Gasteiger partial charge in [0, 0.05) is 6.42 Å². The number of esters is 1. The van der Waals surface area contributed by atoms with Crippen molar-refractivity contribution in [2.24, 2.45) is 5.73 Å². The maximum Gasteiger partial charge on any atom is 0.306 e. The molecule has 0 spiro atoms. The van der Waals surface area contributed by atoms with E-state index >= 15 is 0 Å². The summed E-state index contributed by atoms with van der Waals surface area (Å²) >= 11 is 0. The van der Waals surface area contributed by atoms with E-state index in [1.807, 2.05) is 0 Å². The molecule has 0 saturated carbocycles. The molecule has 0 heterocycles. The fourth-order valence-corrected chi connectivity index (χ4v) is 2.87. The number of hydrogen-bond donors (Lipinski definition) is 1. The topological polar surface area (TPSA) is 52.3 Å². The van der Waals surface area contributed by atoms with Crippen LogP contribution in [0.15, 0.2) is 0 Å². The third-order valence-electron chi connectivity index (χ3n) is 4.39. The Morgan fingerprint density at radius 2 is 1.30 bits per heavy atom. The van der Waals surface area contributed by atoms with Crippen LogP contribution in [0.5, 0.6) is 0 Å². The van der Waals surface area contributed by atoms with E-state index in [2.05, 4.69) is 13.8 Å². The number of rotatable bonds is 17. The summed E-state index contributed by atoms with van der Waals surface area (Å²) in [6.07, 6.45) is 17.1. The average Bonchev–Trinajstić information content (AvgIpc) is 2.55. The molecule has 3 nitrogen and oxygen atoms in total. The second-order valence-electron chi connectivity index (χ2n) is 6.76. The predicted octanol–water partition coefficient (Wildman–Crippen LogP) is 5.75. The van der Waals surface area contributed by atoms with Crippen molar-refractivity contribution >= 4 is 5.97 Å². The predicted molar refractivity (Wildman–Crippen MR) is 99.5 cm³/mol. The molecule has 0 amide bonds. The van der Waals surface area contributed by atoms with Crippen LogP contribution in [-0.4, -0.2) is 18.6 Å². The van der Waals surface area contributed by atoms with E-state index in [-0.39, 0.29) is 12.1 Å². The van der Waals surface area contributed by atoms with Crippen molar-refractivity contribution in [3.8, 4) is 0 Å². The summed E-state index contributed by atoms with van der Waals surface area (Å²) in [5.41, 5.74) is 5.48. The molecule has 3 heteroatoms. The number of carbonyl (C=O) groups is 1. The molecule has 138 valence electrons. The van der Waals surface area contributed by atoms with E-state index < -0.39 is 0 Å². The van der Waals surface area contributed by atoms with Crippen molar-refractivity contribution in [3.63, 3.8) is 0 Å². The molecular weight excluding hydrogens is 286 g/mol. The number of hydrogen-bond acceptors (Lipinski definition) is 3. The number of nitrogens with two attached hydrogens (primary N) is 1. The Hall–Kier alpha value is -0.570. The minimum absolute atomic E-state index is 0.00364. The van der Waals surface area contributed by atoms with E-state index in [1.165, 1.54) is 57.8 Å². The minimum Gasteiger partial charge on any atom is -0.462 e. The van der Waals surface area contributed by atoms with Gasteiger partial charge in [0.15, 0.2) is 0 Å². The lowest BCUT2D eigenvalue weighted by molar-refractivity contribution is -0.150. The zero-order chi connectivity index (χ0) is 17.2. The lowest BCUT2D eigenvalue weighted by atomic mass is 10.0. The molecule has 0 aliphatic rings. The standard InChI is InChI=1S/C20H41NO2/c1-3-5-7-9-12-16-19(15-11-8-6-4-2)23-20(22)17-13-10-14-18-21/h19H,3-18,21H2,1-2H3. The molecule has 0 aromatic heterocycles. The van der Waals surface area contributed by atoms with E-state index in [0.717, 1.165) is 32.1 Å². The van der Waals surface area contributed by atoms with Crippen molar-refractivity contribution < 1.29 is 9.53 Å². The molecule has 0 fully saturated rings. The second kappa shape index (κ2) is 17.8. The van der Waals surface area contributed by atoms with Crippen LogP contribution >= 0.6 is 0 Å². The van der Waals surface area contributed by atoms with E-state index in [1.54, 1.807) is 0 Å². The molecule has 0 saturated heterocycles. The van der Waals surface area contributed by atoms with Gasteiger partial charge in [-0.1, -0.05) is 65.2 Å². The second-order valence-corrected chi connectivity index (χ2v) is 6.76. The monoisotopic (exact) mass is 327 g/mol. The van der Waals surface area contributed by atoms with Gasteiger partial charge in [-0.05, 0) is 45.1 Å². The highest BCUT2D eigenvalue weighted by atomic mass is 16.5. The minimum atomic E-state index is -0.00364. The first-order valence-corrected chi connectivity index (χ1v) is 10.1. The van der Waals surface area contributed by atoms with Crippen molar-refractivity contribution in [2.45, 2.75) is 116 Å². The summed E-state index contributed by atoms with van der Waals surface area (Å²) in [4.78, 5) is 12.0. The van der Waals surface area contributed by atoms with Crippen molar-refractivity contribution in [3.05, 3.63) is 0 Å². The Morgan fingerprint density at radius 3 is 1.87 bits per heavy atom. The van der Waals surface area contributed by atoms with Gasteiger partial charge < -0.3 is 10.5 Å². The summed E-state index contributed by atoms with van der Waals surface area (Å²) in [6.45, 7) is 5.18. The van der Waals surface area contributed by atoms with Gasteiger partial charge in [0.05, 0.1) is 0 Å². The van der Waals surface area contributed by atoms with Crippen LogP contribution in [0.2, 0.25) is 0 Å². The molecule has 1 unspecified atom stereocenters. The van der Waals surface area contributed by atoms with Crippen LogP contribution < -0.4 is 5.73 Å². The summed E-state index contributed by atoms with van der Waals surface area (Å²) in [5, 5.41) is 0. The highest BCUT2D eigenvalue weighted by Gasteiger charge is 2.14. The molecule has 0 aliphatic heterocycles. The Kier molecular flexibility index (Phi) is 17.3. The van der Waals surface area contributed by atoms with Crippen molar-refractivity contribution in [1.29, 1.82) is 0 Å². The zero-order valence-electron chi connectivity index (χ0n) is 15.8. The van der Waals surface area contributed by atoms with Gasteiger partial charge >= 0.3 is 5.97 Å². The molecule has 23 heavy (non-hydrogen) atoms. The fourth-order valence-electron chi connectivity index (χ4n) is 2.87. The first-order chi connectivity index (χ1) is 11.2. The lowest BCUT2D eigenvalue weighted by Crippen LogP contribution is -2.18. The van der Waals surface area contributed by atoms with Gasteiger partial charge in [0.1, 0.15) is 6.10 Å². The van der Waals surface area contributed by atoms with E-state index in [4.69, 9.17) is 10.5 Å². The van der Waals surface area contributed by atoms with Gasteiger partial charge in [0.25, 0.3) is 0 Å². The summed E-state index contributed by atoms with van der Waals surface area (Å²) < 4.78 is 5.75. The molecule has 0 rings (SSSR count). The molecule has 0 aromatic carbocycles. The van der Waals surface area contributed by atoms with Gasteiger partial charge in [-0.15, -0.1) is 0 Å². The Morgan fingerprint density at radius 1 is 0.783 bits per heavy atom. The van der Waals surface area contributed by atoms with Crippen LogP contribution in [0, 0.1) is 0 Å². The average molecular weight is 328 g/mol. The molecular formula is C20H41NO2. The molecule has 2 N–H and O–H groups in total. The third kappa shape index (κ3) is 16.1. The molecule has 0 bridgehead atoms. The number of unbranched alkanes of at least 4 members (excludes halogenated alkanes) is 9. The Balaban J connectivity index is 3.95. The molecule has 0 radical (unpaired) electrons. The van der Waals surface area contributed by atoms with E-state index in [0.29, 0.717) is 13.0 Å². The Labute approximate surface area is 144 Å². The largest absolute Gasteiger partial charge is 0.462 e. The molecule has 1 atom stereocenters. The molecule has 0 aromatic rings. The van der Waals surface area contributed by atoms with Gasteiger partial charge in [-0.2, -0.15) is 0 Å². The van der Waals surface area contributed by atoms with Gasteiger partial charge in [-0.25, -0.2) is 0 Å². The van der Waals surface area contributed by atoms with Crippen molar-refractivity contribution in [1.82, 2.24) is 0 Å². The van der Waals surface area contributed by atoms with Gasteiger partial charge in [0.2, 0.25) is 0 Å². The molecule has 0 aliphatic carbocycles. The van der Waals surface area contributed by atoms with Crippen LogP contribution in [0.1, 0.15) is 110 Å². The quantitative estimate of drug-likeness (QED) is 0.273. The smallest absolute Gasteiger partial charge is 0.306 e. The fraction of sp³-hybridized carbons (Fsp3) is 0.950. The Bertz CT molecular complexity index is 256. The van der Waals surface area contributed by atoms with Crippen LogP contribution in [-0.2, 0) is 9.53 Å². The highest BCUT2D eigenvalue weighted by Crippen LogP contribution is 2.17. The van der Waals surface area contributed by atoms with Gasteiger partial charge in [-0.3, -0.25) is 4.79 Å². The first kappa shape index (κ1) is 22.4. The normalized spacial score (nSPS) is 12.3. The number of ether oxygens (including phenoxy) is 1. The van der Waals surface area contributed by atoms with Crippen LogP contribution in [0.25, 0.3) is 0 Å². The maximum absolute atomic E-state index is 12.0. The maximum atomic E-state index is 12.0. The van der Waals surface area contributed by atoms with Crippen molar-refractivity contribution in [2.75, 3.05) is 6.54 Å². The summed E-state index contributed by atoms with van der Waals surface area (Å²) in [6, 6.07) is 0. The lowest BCUT2D eigenvalue weighted by Gasteiger charge is -2.18. The zero-order valence-corrected chi connectivity index (χ0v) is 15.8. The number of carbonyl (C=O) groups excluding carboxylic acids is 1. The summed E-state index contributed by atoms with van der Waals surface area (Å²) in [7, 11) is 0.